The first kappa shape index (κ1) is 13.3. The van der Waals surface area contributed by atoms with Crippen molar-refractivity contribution in [3.05, 3.63) is 71.8 Å². The topological polar surface area (TPSA) is 49.7 Å². The van der Waals surface area contributed by atoms with Crippen molar-refractivity contribution in [1.82, 2.24) is 0 Å². The smallest absolute Gasteiger partial charge is 0.131 e. The van der Waals surface area contributed by atoms with Crippen LogP contribution in [0.15, 0.2) is 60.7 Å². The van der Waals surface area contributed by atoms with Crippen molar-refractivity contribution in [2.45, 2.75) is 6.42 Å². The molecule has 3 heteroatoms. The quantitative estimate of drug-likeness (QED) is 0.418. The summed E-state index contributed by atoms with van der Waals surface area (Å²) < 4.78 is 6.11. The van der Waals surface area contributed by atoms with Crippen molar-refractivity contribution < 1.29 is 14.9 Å². The Labute approximate surface area is 138 Å². The third-order valence-electron chi connectivity index (χ3n) is 4.72. The van der Waals surface area contributed by atoms with Crippen molar-refractivity contribution in [2.24, 2.45) is 0 Å². The van der Waals surface area contributed by atoms with E-state index >= 15 is 0 Å². The van der Waals surface area contributed by atoms with Crippen LogP contribution in [0.4, 0.5) is 0 Å². The van der Waals surface area contributed by atoms with Crippen LogP contribution in [0.25, 0.3) is 21.5 Å². The molecule has 0 fully saturated rings. The van der Waals surface area contributed by atoms with Crippen molar-refractivity contribution >= 4 is 21.5 Å². The van der Waals surface area contributed by atoms with E-state index in [0.717, 1.165) is 44.2 Å². The van der Waals surface area contributed by atoms with Crippen LogP contribution in [0.1, 0.15) is 11.1 Å². The van der Waals surface area contributed by atoms with Gasteiger partial charge in [0, 0.05) is 17.5 Å². The molecule has 0 saturated carbocycles. The maximum absolute atomic E-state index is 9.86. The molecule has 0 spiro atoms. The zero-order valence-electron chi connectivity index (χ0n) is 12.8. The zero-order chi connectivity index (χ0) is 16.3. The second-order valence-electron chi connectivity index (χ2n) is 6.17. The largest absolute Gasteiger partial charge is 0.508 e. The summed E-state index contributed by atoms with van der Waals surface area (Å²) in [6.45, 7) is 0. The molecule has 4 aromatic carbocycles. The van der Waals surface area contributed by atoms with Crippen molar-refractivity contribution in [3.63, 3.8) is 0 Å². The fourth-order valence-corrected chi connectivity index (χ4v) is 3.55. The van der Waals surface area contributed by atoms with Gasteiger partial charge in [0.05, 0.1) is 0 Å². The molecule has 24 heavy (non-hydrogen) atoms. The average molecular weight is 314 g/mol. The van der Waals surface area contributed by atoms with Crippen LogP contribution >= 0.6 is 0 Å². The fraction of sp³-hybridized carbons (Fsp3) is 0.0476. The standard InChI is InChI=1S/C21H14O3/c22-14-5-1-12-3-7-20-18(16(12)9-14)11-19-17-10-15(23)6-2-13(17)4-8-21(19)24-20/h1-10,22-23H,11H2. The first-order valence-electron chi connectivity index (χ1n) is 7.86. The predicted octanol–water partition coefficient (Wildman–Crippen LogP) is 5.10. The molecule has 1 aliphatic rings. The number of fused-ring (bicyclic) bond motifs is 6. The molecule has 0 saturated heterocycles. The van der Waals surface area contributed by atoms with E-state index in [9.17, 15) is 10.2 Å². The molecule has 2 N–H and O–H groups in total. The van der Waals surface area contributed by atoms with Gasteiger partial charge >= 0.3 is 0 Å². The zero-order valence-corrected chi connectivity index (χ0v) is 12.8. The Morgan fingerprint density at radius 2 is 1.08 bits per heavy atom. The minimum atomic E-state index is 0.247. The van der Waals surface area contributed by atoms with Gasteiger partial charge in [-0.05, 0) is 57.9 Å². The highest BCUT2D eigenvalue weighted by Gasteiger charge is 2.21. The van der Waals surface area contributed by atoms with Crippen LogP contribution in [-0.4, -0.2) is 10.2 Å². The molecule has 0 amide bonds. The van der Waals surface area contributed by atoms with Crippen LogP contribution in [0, 0.1) is 0 Å². The van der Waals surface area contributed by atoms with Crippen LogP contribution < -0.4 is 4.74 Å². The second-order valence-corrected chi connectivity index (χ2v) is 6.17. The molecular formula is C21H14O3. The summed E-state index contributed by atoms with van der Waals surface area (Å²) in [5.41, 5.74) is 2.12. The summed E-state index contributed by atoms with van der Waals surface area (Å²) in [5.74, 6) is 2.13. The Bertz CT molecular complexity index is 1040. The van der Waals surface area contributed by atoms with Gasteiger partial charge in [-0.25, -0.2) is 0 Å². The van der Waals surface area contributed by atoms with Crippen molar-refractivity contribution in [3.8, 4) is 23.0 Å². The molecule has 0 radical (unpaired) electrons. The molecule has 3 nitrogen and oxygen atoms in total. The molecule has 0 aliphatic carbocycles. The van der Waals surface area contributed by atoms with E-state index in [0.29, 0.717) is 6.42 Å². The number of ether oxygens (including phenoxy) is 1. The lowest BCUT2D eigenvalue weighted by molar-refractivity contribution is 0.462. The highest BCUT2D eigenvalue weighted by atomic mass is 16.5. The summed E-state index contributed by atoms with van der Waals surface area (Å²) >= 11 is 0. The minimum absolute atomic E-state index is 0.247. The number of phenolic OH excluding ortho intramolecular Hbond substituents is 2. The normalized spacial score (nSPS) is 12.7. The van der Waals surface area contributed by atoms with Crippen molar-refractivity contribution in [1.29, 1.82) is 0 Å². The summed E-state index contributed by atoms with van der Waals surface area (Å²) in [6, 6.07) is 18.7. The van der Waals surface area contributed by atoms with Gasteiger partial charge < -0.3 is 14.9 Å². The van der Waals surface area contributed by atoms with E-state index in [1.807, 2.05) is 36.4 Å². The Morgan fingerprint density at radius 3 is 1.58 bits per heavy atom. The number of hydrogen-bond acceptors (Lipinski definition) is 3. The molecule has 116 valence electrons. The lowest BCUT2D eigenvalue weighted by Crippen LogP contribution is -2.04. The number of rotatable bonds is 0. The van der Waals surface area contributed by atoms with E-state index < -0.39 is 0 Å². The predicted molar refractivity (Wildman–Crippen MR) is 94.1 cm³/mol. The fourth-order valence-electron chi connectivity index (χ4n) is 3.55. The van der Waals surface area contributed by atoms with Crippen molar-refractivity contribution in [2.75, 3.05) is 0 Å². The second kappa shape index (κ2) is 4.65. The summed E-state index contributed by atoms with van der Waals surface area (Å²) in [4.78, 5) is 0. The Kier molecular flexibility index (Phi) is 2.57. The highest BCUT2D eigenvalue weighted by molar-refractivity contribution is 5.93. The van der Waals surface area contributed by atoms with E-state index in [1.54, 1.807) is 24.3 Å². The molecular weight excluding hydrogens is 300 g/mol. The van der Waals surface area contributed by atoms with Gasteiger partial charge in [-0.15, -0.1) is 0 Å². The average Bonchev–Trinajstić information content (AvgIpc) is 2.60. The van der Waals surface area contributed by atoms with E-state index in [1.165, 1.54) is 0 Å². The number of hydrogen-bond donors (Lipinski definition) is 2. The van der Waals surface area contributed by atoms with Gasteiger partial charge in [0.1, 0.15) is 23.0 Å². The molecule has 0 unspecified atom stereocenters. The van der Waals surface area contributed by atoms with Gasteiger partial charge in [-0.1, -0.05) is 24.3 Å². The SMILES string of the molecule is Oc1ccc2ccc3c(c2c1)Cc1c(ccc2ccc(O)cc12)O3. The van der Waals surface area contributed by atoms with E-state index in [2.05, 4.69) is 0 Å². The monoisotopic (exact) mass is 314 g/mol. The molecule has 1 aliphatic heterocycles. The number of phenols is 2. The van der Waals surface area contributed by atoms with E-state index in [-0.39, 0.29) is 11.5 Å². The highest BCUT2D eigenvalue weighted by Crippen LogP contribution is 2.43. The number of aromatic hydroxyl groups is 2. The van der Waals surface area contributed by atoms with Crippen LogP contribution in [0.5, 0.6) is 23.0 Å². The van der Waals surface area contributed by atoms with Gasteiger partial charge in [0.15, 0.2) is 0 Å². The molecule has 0 aromatic heterocycles. The maximum Gasteiger partial charge on any atom is 0.131 e. The summed E-state index contributed by atoms with van der Waals surface area (Å²) in [7, 11) is 0. The first-order chi connectivity index (χ1) is 11.7. The third kappa shape index (κ3) is 1.85. The van der Waals surface area contributed by atoms with Crippen LogP contribution in [-0.2, 0) is 6.42 Å². The van der Waals surface area contributed by atoms with Gasteiger partial charge in [0.25, 0.3) is 0 Å². The number of benzene rings is 4. The Morgan fingerprint density at radius 1 is 0.625 bits per heavy atom. The van der Waals surface area contributed by atoms with Gasteiger partial charge in [-0.2, -0.15) is 0 Å². The van der Waals surface area contributed by atoms with Gasteiger partial charge in [0.2, 0.25) is 0 Å². The summed E-state index contributed by atoms with van der Waals surface area (Å²) in [5, 5.41) is 23.9. The maximum atomic E-state index is 9.86. The molecule has 0 atom stereocenters. The molecule has 5 rings (SSSR count). The molecule has 1 heterocycles. The Hall–Kier alpha value is -3.20. The molecule has 0 bridgehead atoms. The molecule has 4 aromatic rings. The van der Waals surface area contributed by atoms with Crippen LogP contribution in [0.3, 0.4) is 0 Å². The van der Waals surface area contributed by atoms with Gasteiger partial charge in [-0.3, -0.25) is 0 Å². The lowest BCUT2D eigenvalue weighted by atomic mass is 9.91. The van der Waals surface area contributed by atoms with Crippen LogP contribution in [0.2, 0.25) is 0 Å². The summed E-state index contributed by atoms with van der Waals surface area (Å²) in [6.07, 6.45) is 0.701. The minimum Gasteiger partial charge on any atom is -0.508 e. The third-order valence-corrected chi connectivity index (χ3v) is 4.72. The Balaban J connectivity index is 1.79. The van der Waals surface area contributed by atoms with E-state index in [4.69, 9.17) is 4.74 Å². The first-order valence-corrected chi connectivity index (χ1v) is 7.86. The lowest BCUT2D eigenvalue weighted by Gasteiger charge is -2.23.